The molecule has 1 amide bonds. The van der Waals surface area contributed by atoms with Crippen molar-refractivity contribution in [2.45, 2.75) is 25.7 Å². The van der Waals surface area contributed by atoms with E-state index < -0.39 is 0 Å². The fourth-order valence-corrected chi connectivity index (χ4v) is 2.32. The normalized spacial score (nSPS) is 16.1. The first-order valence-corrected chi connectivity index (χ1v) is 6.61. The highest BCUT2D eigenvalue weighted by Gasteiger charge is 2.21. The molecule has 19 heavy (non-hydrogen) atoms. The van der Waals surface area contributed by atoms with E-state index in [0.717, 1.165) is 18.4 Å². The van der Waals surface area contributed by atoms with Crippen LogP contribution in [0.4, 0.5) is 4.39 Å². The molecule has 0 atom stereocenters. The molecule has 100 valence electrons. The average molecular weight is 260 g/mol. The minimum absolute atomic E-state index is 0.0983. The summed E-state index contributed by atoms with van der Waals surface area (Å²) in [6.45, 7) is 1.36. The lowest BCUT2D eigenvalue weighted by atomic mass is 9.98. The second-order valence-electron chi connectivity index (χ2n) is 4.91. The van der Waals surface area contributed by atoms with E-state index in [1.807, 2.05) is 4.90 Å². The van der Waals surface area contributed by atoms with Crippen LogP contribution in [0.3, 0.4) is 0 Å². The van der Waals surface area contributed by atoms with Gasteiger partial charge in [0.15, 0.2) is 0 Å². The lowest BCUT2D eigenvalue weighted by Crippen LogP contribution is -2.38. The molecule has 0 unspecified atom stereocenters. The fraction of sp³-hybridized carbons (Fsp3) is 0.467. The van der Waals surface area contributed by atoms with Crippen molar-refractivity contribution < 1.29 is 9.18 Å². The van der Waals surface area contributed by atoms with Crippen molar-refractivity contribution in [2.75, 3.05) is 13.1 Å². The van der Waals surface area contributed by atoms with Crippen LogP contribution >= 0.6 is 0 Å². The SMILES string of the molecule is N#CC1CCN(C(=O)CCc2ccc(F)cc2)CC1. The van der Waals surface area contributed by atoms with Gasteiger partial charge in [0.2, 0.25) is 5.91 Å². The molecule has 0 aromatic heterocycles. The molecule has 0 radical (unpaired) electrons. The molecule has 0 aliphatic carbocycles. The number of nitrogens with zero attached hydrogens (tertiary/aromatic N) is 2. The van der Waals surface area contributed by atoms with E-state index in [2.05, 4.69) is 6.07 Å². The maximum atomic E-state index is 12.7. The molecular formula is C15H17FN2O. The third-order valence-electron chi connectivity index (χ3n) is 3.57. The van der Waals surface area contributed by atoms with Crippen molar-refractivity contribution in [3.8, 4) is 6.07 Å². The molecule has 1 fully saturated rings. The van der Waals surface area contributed by atoms with Gasteiger partial charge in [-0.1, -0.05) is 12.1 Å². The Balaban J connectivity index is 1.79. The summed E-state index contributed by atoms with van der Waals surface area (Å²) in [5.41, 5.74) is 0.974. The van der Waals surface area contributed by atoms with Crippen molar-refractivity contribution in [2.24, 2.45) is 5.92 Å². The molecule has 1 aromatic rings. The largest absolute Gasteiger partial charge is 0.343 e. The predicted octanol–water partition coefficient (Wildman–Crippen LogP) is 2.52. The van der Waals surface area contributed by atoms with Gasteiger partial charge < -0.3 is 4.90 Å². The molecule has 0 N–H and O–H groups in total. The van der Waals surface area contributed by atoms with Crippen molar-refractivity contribution in [3.63, 3.8) is 0 Å². The third-order valence-corrected chi connectivity index (χ3v) is 3.57. The van der Waals surface area contributed by atoms with Gasteiger partial charge in [-0.05, 0) is 37.0 Å². The molecule has 1 saturated heterocycles. The predicted molar refractivity (Wildman–Crippen MR) is 69.6 cm³/mol. The van der Waals surface area contributed by atoms with Crippen LogP contribution in [0.25, 0.3) is 0 Å². The number of hydrogen-bond acceptors (Lipinski definition) is 2. The Hall–Kier alpha value is -1.89. The van der Waals surface area contributed by atoms with Gasteiger partial charge in [-0.25, -0.2) is 4.39 Å². The first-order valence-electron chi connectivity index (χ1n) is 6.61. The number of halogens is 1. The summed E-state index contributed by atoms with van der Waals surface area (Å²) < 4.78 is 12.7. The van der Waals surface area contributed by atoms with Crippen LogP contribution in [0.2, 0.25) is 0 Å². The summed E-state index contributed by atoms with van der Waals surface area (Å²) in [5.74, 6) is -0.0319. The molecule has 1 aromatic carbocycles. The number of benzene rings is 1. The van der Waals surface area contributed by atoms with Gasteiger partial charge in [-0.15, -0.1) is 0 Å². The second kappa shape index (κ2) is 6.33. The average Bonchev–Trinajstić information content (AvgIpc) is 2.46. The second-order valence-corrected chi connectivity index (χ2v) is 4.91. The van der Waals surface area contributed by atoms with Crippen molar-refractivity contribution in [3.05, 3.63) is 35.6 Å². The Labute approximate surface area is 112 Å². The number of rotatable bonds is 3. The van der Waals surface area contributed by atoms with Crippen LogP contribution in [-0.4, -0.2) is 23.9 Å². The van der Waals surface area contributed by atoms with Crippen LogP contribution in [0.1, 0.15) is 24.8 Å². The van der Waals surface area contributed by atoms with E-state index in [1.165, 1.54) is 12.1 Å². The van der Waals surface area contributed by atoms with Crippen molar-refractivity contribution >= 4 is 5.91 Å². The molecule has 1 aliphatic rings. The van der Waals surface area contributed by atoms with Crippen LogP contribution in [0.15, 0.2) is 24.3 Å². The lowest BCUT2D eigenvalue weighted by molar-refractivity contribution is -0.132. The number of carbonyl (C=O) groups excluding carboxylic acids is 1. The van der Waals surface area contributed by atoms with E-state index in [1.54, 1.807) is 12.1 Å². The number of amides is 1. The maximum absolute atomic E-state index is 12.7. The number of carbonyl (C=O) groups is 1. The number of aryl methyl sites for hydroxylation is 1. The van der Waals surface area contributed by atoms with Gasteiger partial charge in [0.1, 0.15) is 5.82 Å². The monoisotopic (exact) mass is 260 g/mol. The van der Waals surface area contributed by atoms with Crippen LogP contribution in [-0.2, 0) is 11.2 Å². The molecule has 0 spiro atoms. The summed E-state index contributed by atoms with van der Waals surface area (Å²) in [7, 11) is 0. The van der Waals surface area contributed by atoms with Gasteiger partial charge in [0.25, 0.3) is 0 Å². The summed E-state index contributed by atoms with van der Waals surface area (Å²) in [6, 6.07) is 8.51. The molecule has 2 rings (SSSR count). The first kappa shape index (κ1) is 13.5. The van der Waals surface area contributed by atoms with Gasteiger partial charge in [-0.2, -0.15) is 5.26 Å². The summed E-state index contributed by atoms with van der Waals surface area (Å²) in [6.07, 6.45) is 2.64. The highest BCUT2D eigenvalue weighted by molar-refractivity contribution is 5.76. The topological polar surface area (TPSA) is 44.1 Å². The van der Waals surface area contributed by atoms with Crippen LogP contribution < -0.4 is 0 Å². The number of nitriles is 1. The van der Waals surface area contributed by atoms with Crippen LogP contribution in [0.5, 0.6) is 0 Å². The molecular weight excluding hydrogens is 243 g/mol. The van der Waals surface area contributed by atoms with E-state index in [0.29, 0.717) is 25.9 Å². The van der Waals surface area contributed by atoms with Gasteiger partial charge >= 0.3 is 0 Å². The zero-order chi connectivity index (χ0) is 13.7. The Morgan fingerprint density at radius 1 is 1.32 bits per heavy atom. The molecule has 1 aliphatic heterocycles. The zero-order valence-corrected chi connectivity index (χ0v) is 10.8. The standard InChI is InChI=1S/C15H17FN2O/c16-14-4-1-12(2-5-14)3-6-15(19)18-9-7-13(11-17)8-10-18/h1-2,4-5,13H,3,6-10H2. The number of piperidine rings is 1. The molecule has 0 bridgehead atoms. The van der Waals surface area contributed by atoms with Gasteiger partial charge in [0.05, 0.1) is 6.07 Å². The molecule has 4 heteroatoms. The Bertz CT molecular complexity index is 470. The molecule has 0 saturated carbocycles. The maximum Gasteiger partial charge on any atom is 0.222 e. The molecule has 1 heterocycles. The highest BCUT2D eigenvalue weighted by atomic mass is 19.1. The zero-order valence-electron chi connectivity index (χ0n) is 10.8. The molecule has 3 nitrogen and oxygen atoms in total. The van der Waals surface area contributed by atoms with Crippen LogP contribution in [0, 0.1) is 23.1 Å². The van der Waals surface area contributed by atoms with Crippen molar-refractivity contribution in [1.29, 1.82) is 5.26 Å². The minimum atomic E-state index is -0.256. The Morgan fingerprint density at radius 2 is 1.95 bits per heavy atom. The smallest absolute Gasteiger partial charge is 0.222 e. The first-order chi connectivity index (χ1) is 9.19. The van der Waals surface area contributed by atoms with Gasteiger partial charge in [0, 0.05) is 25.4 Å². The van der Waals surface area contributed by atoms with Gasteiger partial charge in [-0.3, -0.25) is 4.79 Å². The van der Waals surface area contributed by atoms with E-state index in [-0.39, 0.29) is 17.6 Å². The third kappa shape index (κ3) is 3.78. The van der Waals surface area contributed by atoms with E-state index in [9.17, 15) is 9.18 Å². The summed E-state index contributed by atoms with van der Waals surface area (Å²) >= 11 is 0. The Kier molecular flexibility index (Phi) is 4.51. The number of likely N-dealkylation sites (tertiary alicyclic amines) is 1. The van der Waals surface area contributed by atoms with E-state index in [4.69, 9.17) is 5.26 Å². The Morgan fingerprint density at radius 3 is 2.53 bits per heavy atom. The summed E-state index contributed by atoms with van der Waals surface area (Å²) in [4.78, 5) is 13.8. The fourth-order valence-electron chi connectivity index (χ4n) is 2.32. The lowest BCUT2D eigenvalue weighted by Gasteiger charge is -2.29. The summed E-state index contributed by atoms with van der Waals surface area (Å²) in [5, 5.41) is 8.81. The highest BCUT2D eigenvalue weighted by Crippen LogP contribution is 2.17. The van der Waals surface area contributed by atoms with Crippen molar-refractivity contribution in [1.82, 2.24) is 4.90 Å². The van der Waals surface area contributed by atoms with E-state index >= 15 is 0 Å². The quantitative estimate of drug-likeness (QED) is 0.838. The minimum Gasteiger partial charge on any atom is -0.343 e. The number of hydrogen-bond donors (Lipinski definition) is 0.